The number of aromatic amines is 1. The number of hydrogen-bond acceptors (Lipinski definition) is 6. The van der Waals surface area contributed by atoms with E-state index in [0.717, 1.165) is 30.1 Å². The zero-order valence-corrected chi connectivity index (χ0v) is 16.9. The number of nitrogens with one attached hydrogen (secondary N) is 1. The predicted octanol–water partition coefficient (Wildman–Crippen LogP) is 2.68. The number of para-hydroxylation sites is 2. The fourth-order valence-electron chi connectivity index (χ4n) is 4.14. The van der Waals surface area contributed by atoms with E-state index in [-0.39, 0.29) is 11.9 Å². The molecule has 156 valence electrons. The molecule has 1 atom stereocenters. The van der Waals surface area contributed by atoms with Crippen LogP contribution in [0.15, 0.2) is 60.7 Å². The van der Waals surface area contributed by atoms with Gasteiger partial charge in [-0.2, -0.15) is 10.4 Å². The number of aromatic nitrogens is 2. The molecule has 2 aliphatic heterocycles. The molecule has 0 bridgehead atoms. The van der Waals surface area contributed by atoms with Crippen LogP contribution < -0.4 is 9.64 Å². The highest BCUT2D eigenvalue weighted by molar-refractivity contribution is 5.98. The van der Waals surface area contributed by atoms with E-state index in [1.54, 1.807) is 9.80 Å². The lowest BCUT2D eigenvalue weighted by Gasteiger charge is -2.44. The molecular formula is C23H22N6O2. The Morgan fingerprint density at radius 2 is 1.81 bits per heavy atom. The second-order valence-electron chi connectivity index (χ2n) is 7.64. The maximum absolute atomic E-state index is 13.1. The molecule has 8 nitrogen and oxygen atoms in total. The fourth-order valence-corrected chi connectivity index (χ4v) is 4.14. The van der Waals surface area contributed by atoms with Crippen molar-refractivity contribution in [3.63, 3.8) is 0 Å². The summed E-state index contributed by atoms with van der Waals surface area (Å²) in [5, 5.41) is 16.7. The topological polar surface area (TPSA) is 88.5 Å². The Morgan fingerprint density at radius 3 is 2.65 bits per heavy atom. The minimum absolute atomic E-state index is 0.0157. The van der Waals surface area contributed by atoms with Gasteiger partial charge in [-0.05, 0) is 24.3 Å². The van der Waals surface area contributed by atoms with E-state index in [2.05, 4.69) is 21.3 Å². The molecule has 2 fully saturated rings. The third kappa shape index (κ3) is 3.71. The van der Waals surface area contributed by atoms with E-state index in [1.807, 2.05) is 60.7 Å². The SMILES string of the molecule is N#CN1CCN2CCN(c3cc(-c4ccccc4Oc4ccccc4)[nH]n3)C(=O)[C@H]2C1. The molecule has 2 aliphatic rings. The van der Waals surface area contributed by atoms with Crippen LogP contribution in [0.5, 0.6) is 11.5 Å². The number of nitrogens with zero attached hydrogens (tertiary/aromatic N) is 5. The van der Waals surface area contributed by atoms with Gasteiger partial charge in [0.2, 0.25) is 5.91 Å². The molecule has 0 unspecified atom stereocenters. The first-order valence-electron chi connectivity index (χ1n) is 10.3. The summed E-state index contributed by atoms with van der Waals surface area (Å²) in [5.74, 6) is 2.03. The lowest BCUT2D eigenvalue weighted by atomic mass is 10.1. The summed E-state index contributed by atoms with van der Waals surface area (Å²) >= 11 is 0. The first-order valence-corrected chi connectivity index (χ1v) is 10.3. The van der Waals surface area contributed by atoms with Crippen LogP contribution in [0.4, 0.5) is 5.82 Å². The number of nitriles is 1. The van der Waals surface area contributed by atoms with E-state index in [1.165, 1.54) is 0 Å². The van der Waals surface area contributed by atoms with Crippen molar-refractivity contribution in [3.05, 3.63) is 60.7 Å². The number of piperazine rings is 2. The van der Waals surface area contributed by atoms with Crippen molar-refractivity contribution in [3.8, 4) is 28.9 Å². The summed E-state index contributed by atoms with van der Waals surface area (Å²) in [4.78, 5) is 18.7. The minimum Gasteiger partial charge on any atom is -0.457 e. The third-order valence-corrected chi connectivity index (χ3v) is 5.78. The lowest BCUT2D eigenvalue weighted by Crippen LogP contribution is -2.64. The molecule has 0 spiro atoms. The van der Waals surface area contributed by atoms with Gasteiger partial charge < -0.3 is 9.64 Å². The van der Waals surface area contributed by atoms with E-state index in [0.29, 0.717) is 31.2 Å². The highest BCUT2D eigenvalue weighted by atomic mass is 16.5. The molecule has 5 rings (SSSR count). The highest BCUT2D eigenvalue weighted by Gasteiger charge is 2.39. The molecule has 2 saturated heterocycles. The van der Waals surface area contributed by atoms with Gasteiger partial charge >= 0.3 is 0 Å². The number of fused-ring (bicyclic) bond motifs is 1. The van der Waals surface area contributed by atoms with E-state index >= 15 is 0 Å². The molecule has 2 aromatic carbocycles. The van der Waals surface area contributed by atoms with E-state index in [9.17, 15) is 10.1 Å². The van der Waals surface area contributed by atoms with Crippen LogP contribution in [-0.2, 0) is 4.79 Å². The van der Waals surface area contributed by atoms with Crippen LogP contribution in [-0.4, -0.2) is 64.7 Å². The molecule has 31 heavy (non-hydrogen) atoms. The zero-order chi connectivity index (χ0) is 21.2. The van der Waals surface area contributed by atoms with Gasteiger partial charge in [-0.25, -0.2) is 0 Å². The third-order valence-electron chi connectivity index (χ3n) is 5.78. The van der Waals surface area contributed by atoms with Crippen molar-refractivity contribution in [2.75, 3.05) is 37.6 Å². The average molecular weight is 414 g/mol. The summed E-state index contributed by atoms with van der Waals surface area (Å²) in [6.07, 6.45) is 2.16. The smallest absolute Gasteiger partial charge is 0.247 e. The van der Waals surface area contributed by atoms with E-state index < -0.39 is 0 Å². The van der Waals surface area contributed by atoms with Gasteiger partial charge in [0.1, 0.15) is 17.5 Å². The number of benzene rings is 2. The maximum Gasteiger partial charge on any atom is 0.247 e. The van der Waals surface area contributed by atoms with Crippen molar-refractivity contribution >= 4 is 11.7 Å². The Morgan fingerprint density at radius 1 is 1.03 bits per heavy atom. The van der Waals surface area contributed by atoms with Crippen LogP contribution in [0.2, 0.25) is 0 Å². The first-order chi connectivity index (χ1) is 15.2. The predicted molar refractivity (Wildman–Crippen MR) is 115 cm³/mol. The Kier molecular flexibility index (Phi) is 5.02. The van der Waals surface area contributed by atoms with Crippen molar-refractivity contribution < 1.29 is 9.53 Å². The Labute approximate surface area is 180 Å². The fraction of sp³-hybridized carbons (Fsp3) is 0.261. The summed E-state index contributed by atoms with van der Waals surface area (Å²) in [5.41, 5.74) is 1.64. The minimum atomic E-state index is -0.309. The molecule has 0 radical (unpaired) electrons. The van der Waals surface area contributed by atoms with Crippen molar-refractivity contribution in [1.29, 1.82) is 5.26 Å². The average Bonchev–Trinajstić information content (AvgIpc) is 3.30. The number of carbonyl (C=O) groups is 1. The Balaban J connectivity index is 1.39. The molecular weight excluding hydrogens is 392 g/mol. The maximum atomic E-state index is 13.1. The molecule has 3 aromatic rings. The van der Waals surface area contributed by atoms with Crippen LogP contribution in [0, 0.1) is 11.5 Å². The molecule has 1 aromatic heterocycles. The van der Waals surface area contributed by atoms with Gasteiger partial charge in [-0.15, -0.1) is 0 Å². The van der Waals surface area contributed by atoms with Crippen LogP contribution in [0.1, 0.15) is 0 Å². The van der Waals surface area contributed by atoms with Crippen molar-refractivity contribution in [2.24, 2.45) is 0 Å². The van der Waals surface area contributed by atoms with Gasteiger partial charge in [0, 0.05) is 37.8 Å². The number of hydrogen-bond donors (Lipinski definition) is 1. The van der Waals surface area contributed by atoms with Crippen LogP contribution in [0.3, 0.4) is 0 Å². The number of H-pyrrole nitrogens is 1. The van der Waals surface area contributed by atoms with Gasteiger partial charge in [-0.3, -0.25) is 19.7 Å². The Hall–Kier alpha value is -3.83. The molecule has 1 amide bonds. The van der Waals surface area contributed by atoms with Gasteiger partial charge in [0.15, 0.2) is 12.0 Å². The molecule has 8 heteroatoms. The van der Waals surface area contributed by atoms with E-state index in [4.69, 9.17) is 4.74 Å². The highest BCUT2D eigenvalue weighted by Crippen LogP contribution is 2.34. The van der Waals surface area contributed by atoms with Crippen molar-refractivity contribution in [2.45, 2.75) is 6.04 Å². The largest absolute Gasteiger partial charge is 0.457 e. The van der Waals surface area contributed by atoms with Gasteiger partial charge in [0.05, 0.1) is 12.2 Å². The number of anilines is 1. The normalized spacial score (nSPS) is 19.1. The standard InChI is InChI=1S/C23H22N6O2/c24-16-27-10-11-28-12-13-29(23(30)20(28)15-27)22-14-19(25-26-22)18-8-4-5-9-21(18)31-17-6-2-1-3-7-17/h1-9,14,20H,10-13,15H2,(H,25,26)/t20-/m1/s1. The van der Waals surface area contributed by atoms with Crippen LogP contribution in [0.25, 0.3) is 11.3 Å². The Bertz CT molecular complexity index is 1120. The number of ether oxygens (including phenoxy) is 1. The quantitative estimate of drug-likeness (QED) is 0.661. The molecule has 1 N–H and O–H groups in total. The molecule has 0 aliphatic carbocycles. The van der Waals surface area contributed by atoms with Crippen LogP contribution >= 0.6 is 0 Å². The summed E-state index contributed by atoms with van der Waals surface area (Å²) in [6, 6.07) is 18.9. The first kappa shape index (κ1) is 19.2. The summed E-state index contributed by atoms with van der Waals surface area (Å²) < 4.78 is 6.06. The second-order valence-corrected chi connectivity index (χ2v) is 7.64. The number of rotatable bonds is 4. The molecule has 3 heterocycles. The number of carbonyl (C=O) groups excluding carboxylic acids is 1. The summed E-state index contributed by atoms with van der Waals surface area (Å²) in [7, 11) is 0. The monoisotopic (exact) mass is 414 g/mol. The lowest BCUT2D eigenvalue weighted by molar-refractivity contribution is -0.127. The van der Waals surface area contributed by atoms with Crippen molar-refractivity contribution in [1.82, 2.24) is 20.0 Å². The zero-order valence-electron chi connectivity index (χ0n) is 16.9. The van der Waals surface area contributed by atoms with Gasteiger partial charge in [-0.1, -0.05) is 30.3 Å². The van der Waals surface area contributed by atoms with Gasteiger partial charge in [0.25, 0.3) is 0 Å². The second kappa shape index (κ2) is 8.13. The number of amides is 1. The summed E-state index contributed by atoms with van der Waals surface area (Å²) in [6.45, 7) is 3.18. The molecule has 0 saturated carbocycles.